The van der Waals surface area contributed by atoms with Gasteiger partial charge in [0, 0.05) is 47.7 Å². The number of benzene rings is 2. The number of rotatable bonds is 11. The van der Waals surface area contributed by atoms with Crippen LogP contribution in [0.4, 0.5) is 18.9 Å². The van der Waals surface area contributed by atoms with Crippen LogP contribution in [0.5, 0.6) is 0 Å². The molecule has 0 saturated carbocycles. The number of alkyl halides is 3. The number of aromatic nitrogens is 2. The summed E-state index contributed by atoms with van der Waals surface area (Å²) in [5.74, 6) is -2.59. The lowest BCUT2D eigenvalue weighted by atomic mass is 9.84. The van der Waals surface area contributed by atoms with E-state index in [4.69, 9.17) is 48.3 Å². The Hall–Kier alpha value is -3.00. The molecule has 3 aromatic rings. The van der Waals surface area contributed by atoms with Crippen LogP contribution in [0.15, 0.2) is 48.7 Å². The summed E-state index contributed by atoms with van der Waals surface area (Å²) in [6, 6.07) is 14.3. The molecule has 0 bridgehead atoms. The number of aliphatic carboxylic acids is 1. The van der Waals surface area contributed by atoms with Gasteiger partial charge >= 0.3 is 12.1 Å². The third-order valence-electron chi connectivity index (χ3n) is 6.18. The van der Waals surface area contributed by atoms with Gasteiger partial charge in [-0.3, -0.25) is 0 Å². The molecule has 228 valence electrons. The van der Waals surface area contributed by atoms with Crippen LogP contribution in [-0.2, 0) is 20.8 Å². The molecule has 4 N–H and O–H groups in total. The summed E-state index contributed by atoms with van der Waals surface area (Å²) < 4.78 is 42.6. The van der Waals surface area contributed by atoms with Gasteiger partial charge in [0.15, 0.2) is 0 Å². The maximum Gasteiger partial charge on any atom is 0.490 e. The van der Waals surface area contributed by atoms with E-state index in [-0.39, 0.29) is 5.92 Å². The van der Waals surface area contributed by atoms with Gasteiger partial charge in [0.05, 0.1) is 44.0 Å². The third kappa shape index (κ3) is 10.1. The number of halogens is 5. The van der Waals surface area contributed by atoms with Gasteiger partial charge in [-0.15, -0.1) is 0 Å². The number of carbonyl (C=O) groups is 1. The van der Waals surface area contributed by atoms with Gasteiger partial charge in [-0.25, -0.2) is 4.79 Å². The molecule has 1 aliphatic heterocycles. The summed E-state index contributed by atoms with van der Waals surface area (Å²) in [5, 5.41) is 20.4. The lowest BCUT2D eigenvalue weighted by Crippen LogP contribution is -2.31. The fourth-order valence-corrected chi connectivity index (χ4v) is 4.89. The average molecular weight is 630 g/mol. The normalized spacial score (nSPS) is 15.0. The van der Waals surface area contributed by atoms with E-state index in [0.29, 0.717) is 44.5 Å². The highest BCUT2D eigenvalue weighted by Crippen LogP contribution is 2.39. The third-order valence-corrected chi connectivity index (χ3v) is 6.74. The first-order valence-corrected chi connectivity index (χ1v) is 13.7. The van der Waals surface area contributed by atoms with Crippen LogP contribution < -0.4 is 11.1 Å². The minimum atomic E-state index is -5.08. The molecule has 42 heavy (non-hydrogen) atoms. The minimum Gasteiger partial charge on any atom is -0.475 e. The van der Waals surface area contributed by atoms with Crippen LogP contribution in [0.1, 0.15) is 22.6 Å². The number of likely N-dealkylation sites (N-methyl/N-ethyl adjacent to an activating group) is 1. The second kappa shape index (κ2) is 16.0. The number of hydrogen-bond donors (Lipinski definition) is 3. The van der Waals surface area contributed by atoms with Crippen LogP contribution in [0, 0.1) is 0 Å². The molecular weight excluding hydrogens is 598 g/mol. The first kappa shape index (κ1) is 33.5. The van der Waals surface area contributed by atoms with Crippen molar-refractivity contribution in [3.05, 3.63) is 75.4 Å². The number of nitrogens with zero attached hydrogens (tertiary/aromatic N) is 3. The molecule has 4 rings (SSSR count). The van der Waals surface area contributed by atoms with E-state index in [1.54, 1.807) is 6.20 Å². The van der Waals surface area contributed by atoms with Crippen molar-refractivity contribution >= 4 is 34.9 Å². The van der Waals surface area contributed by atoms with E-state index in [1.165, 1.54) is 11.1 Å². The zero-order chi connectivity index (χ0) is 30.7. The molecule has 0 radical (unpaired) electrons. The Kier molecular flexibility index (Phi) is 12.8. The fourth-order valence-electron chi connectivity index (χ4n) is 4.32. The second-order valence-electron chi connectivity index (χ2n) is 9.40. The number of anilines is 1. The molecule has 1 aliphatic rings. The SMILES string of the molecule is CN1Cc2c(Cl)cc(Cl)cc2[C@H](c2cccc(-c3cc(NCCOCCOCCN)cnn3)c2)C1.O=C(O)C(F)(F)F. The largest absolute Gasteiger partial charge is 0.490 e. The highest BCUT2D eigenvalue weighted by Gasteiger charge is 2.38. The Balaban J connectivity index is 0.000000616. The summed E-state index contributed by atoms with van der Waals surface area (Å²) in [6.45, 7) is 5.10. The molecule has 0 aliphatic carbocycles. The van der Waals surface area contributed by atoms with Crippen LogP contribution in [-0.4, -0.2) is 85.5 Å². The molecule has 0 unspecified atom stereocenters. The summed E-state index contributed by atoms with van der Waals surface area (Å²) >= 11 is 12.9. The smallest absolute Gasteiger partial charge is 0.475 e. The van der Waals surface area contributed by atoms with Gasteiger partial charge in [-0.05, 0) is 48.0 Å². The highest BCUT2D eigenvalue weighted by molar-refractivity contribution is 6.35. The standard InChI is InChI=1S/C26H31Cl2N5O2.C2HF3O2/c1-33-16-23(22-12-20(27)13-25(28)24(22)17-33)18-3-2-4-19(11-18)26-14-21(15-31-32-26)30-6-8-35-10-9-34-7-5-29;3-2(4,5)1(6)7/h2-4,11-15,23H,5-10,16-17,29H2,1H3,(H,30,32);(H,6,7)/t23-;/m0./s1. The fraction of sp³-hybridized carbons (Fsp3) is 0.393. The van der Waals surface area contributed by atoms with Crippen molar-refractivity contribution in [1.82, 2.24) is 15.1 Å². The quantitative estimate of drug-likeness (QED) is 0.250. The van der Waals surface area contributed by atoms with Crippen molar-refractivity contribution < 1.29 is 32.5 Å². The van der Waals surface area contributed by atoms with Crippen molar-refractivity contribution in [3.63, 3.8) is 0 Å². The van der Waals surface area contributed by atoms with Crippen LogP contribution >= 0.6 is 23.2 Å². The topological polar surface area (TPSA) is 123 Å². The summed E-state index contributed by atoms with van der Waals surface area (Å²) in [5.41, 5.74) is 11.6. The van der Waals surface area contributed by atoms with E-state index < -0.39 is 12.1 Å². The Bertz CT molecular complexity index is 1330. The monoisotopic (exact) mass is 629 g/mol. The van der Waals surface area contributed by atoms with Crippen molar-refractivity contribution in [2.24, 2.45) is 5.73 Å². The van der Waals surface area contributed by atoms with Crippen LogP contribution in [0.25, 0.3) is 11.3 Å². The van der Waals surface area contributed by atoms with Crippen LogP contribution in [0.2, 0.25) is 10.0 Å². The molecule has 2 heterocycles. The lowest BCUT2D eigenvalue weighted by Gasteiger charge is -2.33. The summed E-state index contributed by atoms with van der Waals surface area (Å²) in [7, 11) is 2.11. The summed E-state index contributed by atoms with van der Waals surface area (Å²) in [6.07, 6.45) is -3.37. The maximum absolute atomic E-state index is 10.6. The molecule has 2 aromatic carbocycles. The Morgan fingerprint density at radius 2 is 1.86 bits per heavy atom. The van der Waals surface area contributed by atoms with E-state index in [9.17, 15) is 13.2 Å². The second-order valence-corrected chi connectivity index (χ2v) is 10.2. The average Bonchev–Trinajstić information content (AvgIpc) is 2.94. The first-order chi connectivity index (χ1) is 20.0. The Morgan fingerprint density at radius 1 is 1.14 bits per heavy atom. The van der Waals surface area contributed by atoms with Crippen molar-refractivity contribution in [3.8, 4) is 11.3 Å². The highest BCUT2D eigenvalue weighted by atomic mass is 35.5. The molecule has 0 fully saturated rings. The molecule has 1 atom stereocenters. The number of nitrogens with two attached hydrogens (primary N) is 1. The molecule has 14 heteroatoms. The molecule has 0 spiro atoms. The van der Waals surface area contributed by atoms with Crippen LogP contribution in [0.3, 0.4) is 0 Å². The van der Waals surface area contributed by atoms with E-state index in [0.717, 1.165) is 40.6 Å². The first-order valence-electron chi connectivity index (χ1n) is 13.0. The molecule has 9 nitrogen and oxygen atoms in total. The number of nitrogens with one attached hydrogen (secondary N) is 1. The predicted molar refractivity (Wildman–Crippen MR) is 155 cm³/mol. The number of carboxylic acid groups (broad SMARTS) is 1. The molecule has 1 aromatic heterocycles. The van der Waals surface area contributed by atoms with Crippen molar-refractivity contribution in [1.29, 1.82) is 0 Å². The van der Waals surface area contributed by atoms with E-state index in [2.05, 4.69) is 51.7 Å². The minimum absolute atomic E-state index is 0.167. The molecule has 0 amide bonds. The number of fused-ring (bicyclic) bond motifs is 1. The van der Waals surface area contributed by atoms with Crippen molar-refractivity contribution in [2.75, 3.05) is 58.4 Å². The Labute approximate surface area is 251 Å². The van der Waals surface area contributed by atoms with E-state index in [1.807, 2.05) is 18.2 Å². The summed E-state index contributed by atoms with van der Waals surface area (Å²) in [4.78, 5) is 11.2. The number of carboxylic acids is 1. The van der Waals surface area contributed by atoms with Gasteiger partial charge in [-0.2, -0.15) is 23.4 Å². The zero-order valence-electron chi connectivity index (χ0n) is 22.8. The maximum atomic E-state index is 10.6. The van der Waals surface area contributed by atoms with Gasteiger partial charge in [-0.1, -0.05) is 41.4 Å². The lowest BCUT2D eigenvalue weighted by molar-refractivity contribution is -0.192. The van der Waals surface area contributed by atoms with Crippen molar-refractivity contribution in [2.45, 2.75) is 18.6 Å². The van der Waals surface area contributed by atoms with E-state index >= 15 is 0 Å². The zero-order valence-corrected chi connectivity index (χ0v) is 24.3. The predicted octanol–water partition coefficient (Wildman–Crippen LogP) is 5.06. The Morgan fingerprint density at radius 3 is 2.55 bits per heavy atom. The van der Waals surface area contributed by atoms with Gasteiger partial charge < -0.3 is 30.5 Å². The molecular formula is C28H32Cl2F3N5O4. The van der Waals surface area contributed by atoms with Gasteiger partial charge in [0.1, 0.15) is 0 Å². The molecule has 0 saturated heterocycles. The number of ether oxygens (including phenoxy) is 2. The number of hydrogen-bond acceptors (Lipinski definition) is 8. The van der Waals surface area contributed by atoms with Gasteiger partial charge in [0.25, 0.3) is 0 Å². The van der Waals surface area contributed by atoms with Gasteiger partial charge in [0.2, 0.25) is 0 Å².